The first kappa shape index (κ1) is 15.2. The normalized spacial score (nSPS) is 17.9. The number of halogens is 2. The molecule has 1 aromatic carbocycles. The highest BCUT2D eigenvalue weighted by atomic mass is 35.5. The second-order valence-electron chi connectivity index (χ2n) is 5.16. The lowest BCUT2D eigenvalue weighted by Gasteiger charge is -2.26. The molecule has 5 heteroatoms. The lowest BCUT2D eigenvalue weighted by atomic mass is 9.91. The van der Waals surface area contributed by atoms with E-state index in [4.69, 9.17) is 23.2 Å². The van der Waals surface area contributed by atoms with Crippen molar-refractivity contribution in [3.8, 4) is 6.07 Å². The summed E-state index contributed by atoms with van der Waals surface area (Å²) in [6, 6.07) is 7.21. The highest BCUT2D eigenvalue weighted by molar-refractivity contribution is 6.39. The summed E-state index contributed by atoms with van der Waals surface area (Å²) in [5, 5.41) is 12.9. The Hall–Kier alpha value is -1.24. The Balaban J connectivity index is 2.23. The molecule has 106 valence electrons. The molecule has 0 bridgehead atoms. The molecule has 1 aromatic rings. The minimum Gasteiger partial charge on any atom is -0.334 e. The van der Waals surface area contributed by atoms with Gasteiger partial charge in [-0.1, -0.05) is 55.0 Å². The van der Waals surface area contributed by atoms with Crippen LogP contribution in [0.5, 0.6) is 0 Å². The number of benzene rings is 1. The summed E-state index contributed by atoms with van der Waals surface area (Å²) in [6.45, 7) is 0. The molecule has 0 aliphatic heterocycles. The van der Waals surface area contributed by atoms with E-state index in [0.29, 0.717) is 22.9 Å². The molecule has 0 saturated heterocycles. The minimum atomic E-state index is -0.796. The fourth-order valence-electron chi connectivity index (χ4n) is 2.59. The van der Waals surface area contributed by atoms with Gasteiger partial charge in [-0.05, 0) is 25.0 Å². The van der Waals surface area contributed by atoms with E-state index in [2.05, 4.69) is 11.4 Å². The van der Waals surface area contributed by atoms with Crippen molar-refractivity contribution in [2.75, 3.05) is 0 Å². The number of rotatable bonds is 2. The molecule has 1 fully saturated rings. The molecule has 0 spiro atoms. The van der Waals surface area contributed by atoms with Crippen LogP contribution in [0.15, 0.2) is 18.2 Å². The third-order valence-corrected chi connectivity index (χ3v) is 4.34. The Bertz CT molecular complexity index is 523. The number of amides is 1. The molecule has 1 amide bonds. The van der Waals surface area contributed by atoms with E-state index in [9.17, 15) is 10.1 Å². The van der Waals surface area contributed by atoms with Gasteiger partial charge in [-0.2, -0.15) is 5.26 Å². The van der Waals surface area contributed by atoms with Gasteiger partial charge >= 0.3 is 0 Å². The van der Waals surface area contributed by atoms with Crippen LogP contribution in [0.3, 0.4) is 0 Å². The summed E-state index contributed by atoms with van der Waals surface area (Å²) in [4.78, 5) is 12.4. The van der Waals surface area contributed by atoms with Gasteiger partial charge in [-0.15, -0.1) is 0 Å². The van der Waals surface area contributed by atoms with Gasteiger partial charge < -0.3 is 5.32 Å². The summed E-state index contributed by atoms with van der Waals surface area (Å²) in [5.74, 6) is -0.371. The molecule has 0 radical (unpaired) electrons. The van der Waals surface area contributed by atoms with Crippen LogP contribution in [0.2, 0.25) is 10.0 Å². The maximum atomic E-state index is 12.4. The highest BCUT2D eigenvalue weighted by Crippen LogP contribution is 2.29. The maximum Gasteiger partial charge on any atom is 0.255 e. The zero-order valence-corrected chi connectivity index (χ0v) is 12.6. The van der Waals surface area contributed by atoms with Crippen LogP contribution in [-0.4, -0.2) is 11.4 Å². The Morgan fingerprint density at radius 2 is 1.70 bits per heavy atom. The number of nitrogens with zero attached hydrogens (tertiary/aromatic N) is 1. The first-order valence-corrected chi connectivity index (χ1v) is 7.51. The molecule has 0 atom stereocenters. The monoisotopic (exact) mass is 310 g/mol. The Morgan fingerprint density at radius 3 is 2.20 bits per heavy atom. The van der Waals surface area contributed by atoms with Crippen molar-refractivity contribution >= 4 is 29.1 Å². The molecular formula is C15H16Cl2N2O. The van der Waals surface area contributed by atoms with Gasteiger partial charge in [0.05, 0.1) is 21.7 Å². The Labute approximate surface area is 128 Å². The van der Waals surface area contributed by atoms with E-state index in [1.165, 1.54) is 0 Å². The van der Waals surface area contributed by atoms with Crippen LogP contribution in [0.1, 0.15) is 48.9 Å². The fraction of sp³-hybridized carbons (Fsp3) is 0.467. The lowest BCUT2D eigenvalue weighted by molar-refractivity contribution is 0.0913. The molecule has 20 heavy (non-hydrogen) atoms. The Kier molecular flexibility index (Phi) is 4.91. The average molecular weight is 311 g/mol. The number of nitrogens with one attached hydrogen (secondary N) is 1. The molecule has 1 aliphatic carbocycles. The van der Waals surface area contributed by atoms with Crippen LogP contribution >= 0.6 is 23.2 Å². The third kappa shape index (κ3) is 3.26. The molecule has 1 N–H and O–H groups in total. The van der Waals surface area contributed by atoms with E-state index < -0.39 is 5.54 Å². The summed E-state index contributed by atoms with van der Waals surface area (Å²) in [5.41, 5.74) is -0.550. The molecule has 0 aromatic heterocycles. The average Bonchev–Trinajstić information content (AvgIpc) is 2.64. The maximum absolute atomic E-state index is 12.4. The standard InChI is InChI=1S/C15H16Cl2N2O/c16-11-6-5-7-12(17)13(11)14(20)19-15(10-18)8-3-1-2-4-9-15/h5-7H,1-4,8-9H2,(H,19,20). The van der Waals surface area contributed by atoms with Crippen LogP contribution in [-0.2, 0) is 0 Å². The summed E-state index contributed by atoms with van der Waals surface area (Å²) in [6.07, 6.45) is 5.46. The zero-order valence-electron chi connectivity index (χ0n) is 11.1. The topological polar surface area (TPSA) is 52.9 Å². The number of carbonyl (C=O) groups excluding carboxylic acids is 1. The third-order valence-electron chi connectivity index (χ3n) is 3.71. The first-order chi connectivity index (χ1) is 9.58. The summed E-state index contributed by atoms with van der Waals surface area (Å²) in [7, 11) is 0. The smallest absolute Gasteiger partial charge is 0.255 e. The van der Waals surface area contributed by atoms with Crippen LogP contribution in [0, 0.1) is 11.3 Å². The van der Waals surface area contributed by atoms with Gasteiger partial charge in [0.1, 0.15) is 5.54 Å². The molecule has 0 heterocycles. The van der Waals surface area contributed by atoms with Crippen molar-refractivity contribution in [3.05, 3.63) is 33.8 Å². The first-order valence-electron chi connectivity index (χ1n) is 6.76. The minimum absolute atomic E-state index is 0.245. The van der Waals surface area contributed by atoms with Gasteiger partial charge in [0.25, 0.3) is 5.91 Å². The number of nitriles is 1. The molecule has 1 aliphatic rings. The predicted octanol–water partition coefficient (Wildman–Crippen LogP) is 4.34. The van der Waals surface area contributed by atoms with Gasteiger partial charge in [-0.3, -0.25) is 4.79 Å². The van der Waals surface area contributed by atoms with E-state index >= 15 is 0 Å². The molecule has 2 rings (SSSR count). The number of hydrogen-bond acceptors (Lipinski definition) is 2. The van der Waals surface area contributed by atoms with Crippen molar-refractivity contribution in [1.29, 1.82) is 5.26 Å². The van der Waals surface area contributed by atoms with Gasteiger partial charge in [-0.25, -0.2) is 0 Å². The second-order valence-corrected chi connectivity index (χ2v) is 5.97. The van der Waals surface area contributed by atoms with E-state index in [0.717, 1.165) is 25.7 Å². The Morgan fingerprint density at radius 1 is 1.15 bits per heavy atom. The quantitative estimate of drug-likeness (QED) is 0.826. The molecule has 1 saturated carbocycles. The van der Waals surface area contributed by atoms with E-state index in [1.807, 2.05) is 0 Å². The molecular weight excluding hydrogens is 295 g/mol. The second kappa shape index (κ2) is 6.47. The van der Waals surface area contributed by atoms with Crippen molar-refractivity contribution in [2.45, 2.75) is 44.1 Å². The summed E-state index contributed by atoms with van der Waals surface area (Å²) < 4.78 is 0. The lowest BCUT2D eigenvalue weighted by Crippen LogP contribution is -2.47. The zero-order chi connectivity index (χ0) is 14.6. The van der Waals surface area contributed by atoms with Crippen LogP contribution in [0.25, 0.3) is 0 Å². The van der Waals surface area contributed by atoms with Gasteiger partial charge in [0.2, 0.25) is 0 Å². The van der Waals surface area contributed by atoms with E-state index in [-0.39, 0.29) is 11.5 Å². The predicted molar refractivity (Wildman–Crippen MR) is 80.0 cm³/mol. The molecule has 3 nitrogen and oxygen atoms in total. The van der Waals surface area contributed by atoms with Crippen LogP contribution in [0.4, 0.5) is 0 Å². The van der Waals surface area contributed by atoms with Crippen molar-refractivity contribution in [1.82, 2.24) is 5.32 Å². The van der Waals surface area contributed by atoms with Crippen molar-refractivity contribution in [3.63, 3.8) is 0 Å². The number of carbonyl (C=O) groups is 1. The van der Waals surface area contributed by atoms with Gasteiger partial charge in [0.15, 0.2) is 0 Å². The number of hydrogen-bond donors (Lipinski definition) is 1. The summed E-state index contributed by atoms with van der Waals surface area (Å²) >= 11 is 12.1. The highest BCUT2D eigenvalue weighted by Gasteiger charge is 2.33. The van der Waals surface area contributed by atoms with E-state index in [1.54, 1.807) is 18.2 Å². The fourth-order valence-corrected chi connectivity index (χ4v) is 3.16. The van der Waals surface area contributed by atoms with Gasteiger partial charge in [0, 0.05) is 0 Å². The van der Waals surface area contributed by atoms with Crippen molar-refractivity contribution in [2.24, 2.45) is 0 Å². The van der Waals surface area contributed by atoms with Crippen LogP contribution < -0.4 is 5.32 Å². The largest absolute Gasteiger partial charge is 0.334 e. The molecule has 0 unspecified atom stereocenters. The SMILES string of the molecule is N#CC1(NC(=O)c2c(Cl)cccc2Cl)CCCCCC1. The van der Waals surface area contributed by atoms with Crippen molar-refractivity contribution < 1.29 is 4.79 Å².